The molecule has 1 aromatic carbocycles. The fraction of sp³-hybridized carbons (Fsp3) is 0.429. The summed E-state index contributed by atoms with van der Waals surface area (Å²) in [6.45, 7) is 6.11. The van der Waals surface area contributed by atoms with Gasteiger partial charge in [0.15, 0.2) is 0 Å². The van der Waals surface area contributed by atoms with Gasteiger partial charge in [0.25, 0.3) is 0 Å². The Kier molecular flexibility index (Phi) is 4.28. The Bertz CT molecular complexity index is 418. The summed E-state index contributed by atoms with van der Waals surface area (Å²) in [5.74, 6) is -0.00903. The van der Waals surface area contributed by atoms with Gasteiger partial charge < -0.3 is 4.90 Å². The van der Waals surface area contributed by atoms with Gasteiger partial charge in [-0.05, 0) is 32.9 Å². The minimum Gasteiger partial charge on any atom is -0.313 e. The first-order chi connectivity index (χ1) is 8.00. The lowest BCUT2D eigenvalue weighted by atomic mass is 9.91. The van der Waals surface area contributed by atoms with E-state index in [1.165, 1.54) is 0 Å². The summed E-state index contributed by atoms with van der Waals surface area (Å²) in [7, 11) is 0. The largest absolute Gasteiger partial charge is 0.313 e. The van der Waals surface area contributed by atoms with Crippen molar-refractivity contribution in [3.05, 3.63) is 30.3 Å². The van der Waals surface area contributed by atoms with Crippen LogP contribution in [-0.2, 0) is 4.79 Å². The van der Waals surface area contributed by atoms with Gasteiger partial charge in [0.2, 0.25) is 5.91 Å². The molecule has 1 aromatic rings. The van der Waals surface area contributed by atoms with Gasteiger partial charge in [-0.15, -0.1) is 0 Å². The minimum absolute atomic E-state index is 0.00903. The second kappa shape index (κ2) is 5.49. The highest BCUT2D eigenvalue weighted by molar-refractivity contribution is 5.93. The Morgan fingerprint density at radius 2 is 1.94 bits per heavy atom. The van der Waals surface area contributed by atoms with Crippen molar-refractivity contribution in [2.45, 2.75) is 27.2 Å². The SMILES string of the molecule is CCN(C(=O)CC(C)(C)C#N)c1ccccc1. The van der Waals surface area contributed by atoms with Gasteiger partial charge in [-0.1, -0.05) is 18.2 Å². The first-order valence-electron chi connectivity index (χ1n) is 5.77. The van der Waals surface area contributed by atoms with Crippen LogP contribution in [0.3, 0.4) is 0 Å². The van der Waals surface area contributed by atoms with Gasteiger partial charge in [0, 0.05) is 18.7 Å². The molecule has 0 saturated carbocycles. The summed E-state index contributed by atoms with van der Waals surface area (Å²) in [6, 6.07) is 11.7. The first kappa shape index (κ1) is 13.2. The number of nitriles is 1. The standard InChI is InChI=1S/C14H18N2O/c1-4-16(12-8-6-5-7-9-12)13(17)10-14(2,3)11-15/h5-9H,4,10H2,1-3H3. The third kappa shape index (κ3) is 3.60. The van der Waals surface area contributed by atoms with E-state index in [1.807, 2.05) is 37.3 Å². The number of benzene rings is 1. The molecular formula is C14H18N2O. The lowest BCUT2D eigenvalue weighted by Crippen LogP contribution is -2.33. The van der Waals surface area contributed by atoms with Gasteiger partial charge in [-0.2, -0.15) is 5.26 Å². The predicted molar refractivity (Wildman–Crippen MR) is 68.5 cm³/mol. The maximum absolute atomic E-state index is 12.1. The van der Waals surface area contributed by atoms with E-state index in [1.54, 1.807) is 18.7 Å². The number of hydrogen-bond acceptors (Lipinski definition) is 2. The minimum atomic E-state index is -0.612. The molecule has 0 aliphatic rings. The summed E-state index contributed by atoms with van der Waals surface area (Å²) in [4.78, 5) is 13.8. The summed E-state index contributed by atoms with van der Waals surface area (Å²) in [5.41, 5.74) is 0.271. The molecule has 0 atom stereocenters. The van der Waals surface area contributed by atoms with Crippen molar-refractivity contribution in [2.24, 2.45) is 5.41 Å². The van der Waals surface area contributed by atoms with Crippen LogP contribution in [0, 0.1) is 16.7 Å². The molecule has 0 spiro atoms. The van der Waals surface area contributed by atoms with Crippen LogP contribution in [0.2, 0.25) is 0 Å². The van der Waals surface area contributed by atoms with E-state index in [2.05, 4.69) is 6.07 Å². The molecule has 1 amide bonds. The number of carbonyl (C=O) groups is 1. The molecule has 0 N–H and O–H groups in total. The molecule has 0 radical (unpaired) electrons. The smallest absolute Gasteiger partial charge is 0.228 e. The molecule has 0 aliphatic heterocycles. The molecule has 0 aromatic heterocycles. The molecule has 3 heteroatoms. The monoisotopic (exact) mass is 230 g/mol. The number of amides is 1. The van der Waals surface area contributed by atoms with Crippen molar-refractivity contribution < 1.29 is 4.79 Å². The fourth-order valence-corrected chi connectivity index (χ4v) is 1.62. The molecule has 0 saturated heterocycles. The zero-order valence-electron chi connectivity index (χ0n) is 10.6. The predicted octanol–water partition coefficient (Wildman–Crippen LogP) is 2.98. The van der Waals surface area contributed by atoms with Gasteiger partial charge in [-0.3, -0.25) is 4.79 Å². The Balaban J connectivity index is 2.83. The van der Waals surface area contributed by atoms with Crippen LogP contribution in [0.15, 0.2) is 30.3 Å². The van der Waals surface area contributed by atoms with E-state index in [-0.39, 0.29) is 12.3 Å². The van der Waals surface area contributed by atoms with Crippen LogP contribution in [0.25, 0.3) is 0 Å². The molecule has 0 bridgehead atoms. The molecule has 17 heavy (non-hydrogen) atoms. The highest BCUT2D eigenvalue weighted by Crippen LogP contribution is 2.22. The third-order valence-corrected chi connectivity index (χ3v) is 2.58. The fourth-order valence-electron chi connectivity index (χ4n) is 1.62. The van der Waals surface area contributed by atoms with E-state index in [0.717, 1.165) is 5.69 Å². The molecule has 0 heterocycles. The molecule has 0 unspecified atom stereocenters. The molecule has 1 rings (SSSR count). The van der Waals surface area contributed by atoms with Crippen molar-refractivity contribution in [2.75, 3.05) is 11.4 Å². The lowest BCUT2D eigenvalue weighted by molar-refractivity contribution is -0.119. The average molecular weight is 230 g/mol. The molecule has 0 fully saturated rings. The van der Waals surface area contributed by atoms with Crippen molar-refractivity contribution in [1.29, 1.82) is 5.26 Å². The number of carbonyl (C=O) groups excluding carboxylic acids is 1. The molecular weight excluding hydrogens is 212 g/mol. The van der Waals surface area contributed by atoms with E-state index < -0.39 is 5.41 Å². The van der Waals surface area contributed by atoms with Crippen LogP contribution >= 0.6 is 0 Å². The van der Waals surface area contributed by atoms with Crippen molar-refractivity contribution >= 4 is 11.6 Å². The van der Waals surface area contributed by atoms with E-state index in [4.69, 9.17) is 5.26 Å². The molecule has 90 valence electrons. The topological polar surface area (TPSA) is 44.1 Å². The second-order valence-electron chi connectivity index (χ2n) is 4.65. The van der Waals surface area contributed by atoms with E-state index in [9.17, 15) is 4.79 Å². The van der Waals surface area contributed by atoms with E-state index >= 15 is 0 Å². The number of rotatable bonds is 4. The number of para-hydroxylation sites is 1. The normalized spacial score (nSPS) is 10.7. The Morgan fingerprint density at radius 1 is 1.35 bits per heavy atom. The van der Waals surface area contributed by atoms with Crippen LogP contribution in [-0.4, -0.2) is 12.5 Å². The number of anilines is 1. The van der Waals surface area contributed by atoms with Crippen molar-refractivity contribution in [3.63, 3.8) is 0 Å². The summed E-state index contributed by atoms with van der Waals surface area (Å²) < 4.78 is 0. The van der Waals surface area contributed by atoms with Crippen LogP contribution < -0.4 is 4.90 Å². The molecule has 3 nitrogen and oxygen atoms in total. The van der Waals surface area contributed by atoms with Crippen molar-refractivity contribution in [1.82, 2.24) is 0 Å². The van der Waals surface area contributed by atoms with Gasteiger partial charge >= 0.3 is 0 Å². The zero-order chi connectivity index (χ0) is 12.9. The van der Waals surface area contributed by atoms with E-state index in [0.29, 0.717) is 6.54 Å². The van der Waals surface area contributed by atoms with Crippen LogP contribution in [0.5, 0.6) is 0 Å². The maximum atomic E-state index is 12.1. The average Bonchev–Trinajstić information content (AvgIpc) is 2.31. The third-order valence-electron chi connectivity index (χ3n) is 2.58. The second-order valence-corrected chi connectivity index (χ2v) is 4.65. The van der Waals surface area contributed by atoms with Gasteiger partial charge in [0.1, 0.15) is 0 Å². The lowest BCUT2D eigenvalue weighted by Gasteiger charge is -2.24. The highest BCUT2D eigenvalue weighted by atomic mass is 16.2. The highest BCUT2D eigenvalue weighted by Gasteiger charge is 2.24. The Morgan fingerprint density at radius 3 is 2.41 bits per heavy atom. The Hall–Kier alpha value is -1.82. The zero-order valence-corrected chi connectivity index (χ0v) is 10.6. The quantitative estimate of drug-likeness (QED) is 0.798. The summed E-state index contributed by atoms with van der Waals surface area (Å²) in [6.07, 6.45) is 0.242. The van der Waals surface area contributed by atoms with Gasteiger partial charge in [0.05, 0.1) is 11.5 Å². The number of hydrogen-bond donors (Lipinski definition) is 0. The maximum Gasteiger partial charge on any atom is 0.228 e. The van der Waals surface area contributed by atoms with Crippen LogP contribution in [0.1, 0.15) is 27.2 Å². The molecule has 0 aliphatic carbocycles. The van der Waals surface area contributed by atoms with Gasteiger partial charge in [-0.25, -0.2) is 0 Å². The van der Waals surface area contributed by atoms with Crippen LogP contribution in [0.4, 0.5) is 5.69 Å². The summed E-state index contributed by atoms with van der Waals surface area (Å²) >= 11 is 0. The Labute approximate surface area is 103 Å². The summed E-state index contributed by atoms with van der Waals surface area (Å²) in [5, 5.41) is 8.95. The first-order valence-corrected chi connectivity index (χ1v) is 5.77. The number of nitrogens with zero attached hydrogens (tertiary/aromatic N) is 2. The van der Waals surface area contributed by atoms with Crippen molar-refractivity contribution in [3.8, 4) is 6.07 Å².